The summed E-state index contributed by atoms with van der Waals surface area (Å²) < 4.78 is 11.9. The van der Waals surface area contributed by atoms with Gasteiger partial charge in [-0.3, -0.25) is 19.4 Å². The van der Waals surface area contributed by atoms with E-state index in [9.17, 15) is 9.59 Å². The topological polar surface area (TPSA) is 59.1 Å². The van der Waals surface area contributed by atoms with Crippen molar-refractivity contribution < 1.29 is 19.1 Å². The van der Waals surface area contributed by atoms with Crippen molar-refractivity contribution in [3.8, 4) is 0 Å². The van der Waals surface area contributed by atoms with Crippen LogP contribution in [0.4, 0.5) is 0 Å². The predicted molar refractivity (Wildman–Crippen MR) is 161 cm³/mol. The largest absolute Gasteiger partial charge is 0.461 e. The van der Waals surface area contributed by atoms with E-state index < -0.39 is 0 Å². The number of hydrogen-bond acceptors (Lipinski definition) is 6. The van der Waals surface area contributed by atoms with Gasteiger partial charge >= 0.3 is 11.9 Å². The average molecular weight is 559 g/mol. The smallest absolute Gasteiger partial charge is 0.320 e. The molecule has 2 saturated carbocycles. The maximum Gasteiger partial charge on any atom is 0.320 e. The van der Waals surface area contributed by atoms with Gasteiger partial charge in [0.1, 0.15) is 12.2 Å². The molecule has 2 aliphatic carbocycles. The normalized spacial score (nSPS) is 27.8. The average Bonchev–Trinajstić information content (AvgIpc) is 2.84. The zero-order valence-corrected chi connectivity index (χ0v) is 27.0. The van der Waals surface area contributed by atoms with Crippen LogP contribution in [0.15, 0.2) is 11.1 Å². The molecule has 0 amide bonds. The van der Waals surface area contributed by atoms with Crippen molar-refractivity contribution in [2.24, 2.45) is 0 Å². The van der Waals surface area contributed by atoms with E-state index in [0.29, 0.717) is 13.1 Å². The Morgan fingerprint density at radius 3 is 1.10 bits per heavy atom. The first-order valence-electron chi connectivity index (χ1n) is 16.2. The van der Waals surface area contributed by atoms with Crippen LogP contribution < -0.4 is 0 Å². The molecule has 2 heterocycles. The molecule has 228 valence electrons. The van der Waals surface area contributed by atoms with Gasteiger partial charge in [-0.25, -0.2) is 0 Å². The second-order valence-electron chi connectivity index (χ2n) is 15.8. The number of carbonyl (C=O) groups is 2. The van der Waals surface area contributed by atoms with Gasteiger partial charge in [0, 0.05) is 22.2 Å². The standard InChI is InChI=1S/C34H58N2O4/c1-31(2)19-25(20-32(3,4)35(31)23-29(37)39-27-15-11-9-12-16-27)26-21-33(5,6)36(34(7,8)22-26)24-30(38)40-28-17-13-10-14-18-28/h27-28H,9-24H2,1-8H3. The molecule has 6 heteroatoms. The van der Waals surface area contributed by atoms with Gasteiger partial charge in [0.05, 0.1) is 13.1 Å². The number of hydrogen-bond donors (Lipinski definition) is 0. The third-order valence-corrected chi connectivity index (χ3v) is 10.3. The maximum atomic E-state index is 13.0. The third kappa shape index (κ3) is 7.51. The summed E-state index contributed by atoms with van der Waals surface area (Å²) in [6, 6.07) is 0. The fourth-order valence-corrected chi connectivity index (χ4v) is 8.66. The van der Waals surface area contributed by atoms with Crippen molar-refractivity contribution >= 4 is 11.9 Å². The summed E-state index contributed by atoms with van der Waals surface area (Å²) in [6.45, 7) is 19.0. The van der Waals surface area contributed by atoms with Gasteiger partial charge in [0.15, 0.2) is 0 Å². The van der Waals surface area contributed by atoms with Gasteiger partial charge in [0.2, 0.25) is 0 Å². The Balaban J connectivity index is 1.45. The van der Waals surface area contributed by atoms with Crippen molar-refractivity contribution in [2.45, 2.75) is 180 Å². The summed E-state index contributed by atoms with van der Waals surface area (Å²) in [6.07, 6.45) is 15.3. The van der Waals surface area contributed by atoms with E-state index in [-0.39, 0.29) is 46.3 Å². The van der Waals surface area contributed by atoms with E-state index in [1.54, 1.807) is 0 Å². The summed E-state index contributed by atoms with van der Waals surface area (Å²) in [5.74, 6) is -0.139. The molecule has 40 heavy (non-hydrogen) atoms. The molecule has 0 N–H and O–H groups in total. The Morgan fingerprint density at radius 1 is 0.550 bits per heavy atom. The molecule has 0 unspecified atom stereocenters. The van der Waals surface area contributed by atoms with Crippen LogP contribution in [0.25, 0.3) is 0 Å². The molecule has 4 fully saturated rings. The first-order valence-corrected chi connectivity index (χ1v) is 16.2. The van der Waals surface area contributed by atoms with Gasteiger partial charge < -0.3 is 9.47 Å². The minimum atomic E-state index is -0.148. The minimum Gasteiger partial charge on any atom is -0.461 e. The fourth-order valence-electron chi connectivity index (χ4n) is 8.66. The van der Waals surface area contributed by atoms with Crippen LogP contribution in [0.3, 0.4) is 0 Å². The quantitative estimate of drug-likeness (QED) is 0.251. The van der Waals surface area contributed by atoms with E-state index in [2.05, 4.69) is 65.2 Å². The highest BCUT2D eigenvalue weighted by Gasteiger charge is 2.49. The van der Waals surface area contributed by atoms with Gasteiger partial charge in [-0.15, -0.1) is 0 Å². The zero-order valence-electron chi connectivity index (χ0n) is 27.0. The minimum absolute atomic E-state index is 0.0696. The molecular formula is C34H58N2O4. The molecule has 0 spiro atoms. The molecule has 4 rings (SSSR count). The Hall–Kier alpha value is -1.40. The zero-order chi connectivity index (χ0) is 29.3. The Kier molecular flexibility index (Phi) is 9.51. The summed E-state index contributed by atoms with van der Waals surface area (Å²) in [4.78, 5) is 30.9. The second kappa shape index (κ2) is 12.1. The van der Waals surface area contributed by atoms with Crippen LogP contribution in [0.1, 0.15) is 145 Å². The Bertz CT molecular complexity index is 835. The van der Waals surface area contributed by atoms with Gasteiger partial charge in [-0.05, 0) is 132 Å². The van der Waals surface area contributed by atoms with Crippen LogP contribution in [0, 0.1) is 0 Å². The van der Waals surface area contributed by atoms with Crippen molar-refractivity contribution in [2.75, 3.05) is 13.1 Å². The Labute approximate surface area is 244 Å². The first-order chi connectivity index (χ1) is 18.6. The van der Waals surface area contributed by atoms with Crippen molar-refractivity contribution in [3.05, 3.63) is 11.1 Å². The molecule has 4 aliphatic rings. The summed E-state index contributed by atoms with van der Waals surface area (Å²) in [5, 5.41) is 0. The maximum absolute atomic E-state index is 13.0. The third-order valence-electron chi connectivity index (χ3n) is 10.3. The monoisotopic (exact) mass is 558 g/mol. The molecule has 2 aliphatic heterocycles. The number of ether oxygens (including phenoxy) is 2. The molecule has 0 radical (unpaired) electrons. The summed E-state index contributed by atoms with van der Waals surface area (Å²) in [5.41, 5.74) is 2.49. The lowest BCUT2D eigenvalue weighted by molar-refractivity contribution is -0.158. The number of nitrogens with zero attached hydrogens (tertiary/aromatic N) is 2. The molecule has 2 saturated heterocycles. The fraction of sp³-hybridized carbons (Fsp3) is 0.882. The lowest BCUT2D eigenvalue weighted by atomic mass is 9.69. The van der Waals surface area contributed by atoms with Gasteiger partial charge in [-0.2, -0.15) is 0 Å². The van der Waals surface area contributed by atoms with E-state index in [1.807, 2.05) is 0 Å². The lowest BCUT2D eigenvalue weighted by Gasteiger charge is -2.57. The van der Waals surface area contributed by atoms with Crippen LogP contribution in [-0.2, 0) is 19.1 Å². The highest BCUT2D eigenvalue weighted by Crippen LogP contribution is 2.48. The van der Waals surface area contributed by atoms with Gasteiger partial charge in [0.25, 0.3) is 0 Å². The van der Waals surface area contributed by atoms with Crippen LogP contribution in [0.5, 0.6) is 0 Å². The lowest BCUT2D eigenvalue weighted by Crippen LogP contribution is -2.62. The highest BCUT2D eigenvalue weighted by molar-refractivity contribution is 5.72. The number of likely N-dealkylation sites (tertiary alicyclic amines) is 2. The SMILES string of the molecule is CC1(C)CC(=C2CC(C)(C)N(CC(=O)OC3CCCCC3)C(C)(C)C2)CC(C)(C)N1CC(=O)OC1CCCCC1. The number of esters is 2. The van der Waals surface area contributed by atoms with E-state index in [1.165, 1.54) is 49.7 Å². The van der Waals surface area contributed by atoms with Crippen LogP contribution in [-0.4, -0.2) is 69.2 Å². The molecule has 0 bridgehead atoms. The number of carbonyl (C=O) groups excluding carboxylic acids is 2. The van der Waals surface area contributed by atoms with E-state index in [0.717, 1.165) is 51.4 Å². The second-order valence-corrected chi connectivity index (χ2v) is 15.8. The molecule has 0 atom stereocenters. The van der Waals surface area contributed by atoms with Crippen molar-refractivity contribution in [1.29, 1.82) is 0 Å². The molecule has 0 aromatic heterocycles. The number of rotatable bonds is 6. The molecule has 0 aromatic carbocycles. The number of piperidine rings is 2. The van der Waals surface area contributed by atoms with Gasteiger partial charge in [-0.1, -0.05) is 24.0 Å². The summed E-state index contributed by atoms with van der Waals surface area (Å²) in [7, 11) is 0. The van der Waals surface area contributed by atoms with Crippen molar-refractivity contribution in [1.82, 2.24) is 9.80 Å². The van der Waals surface area contributed by atoms with E-state index >= 15 is 0 Å². The summed E-state index contributed by atoms with van der Waals surface area (Å²) >= 11 is 0. The Morgan fingerprint density at radius 2 is 0.825 bits per heavy atom. The molecule has 0 aromatic rings. The molecule has 6 nitrogen and oxygen atoms in total. The molecular weight excluding hydrogens is 500 g/mol. The van der Waals surface area contributed by atoms with E-state index in [4.69, 9.17) is 9.47 Å². The van der Waals surface area contributed by atoms with Crippen LogP contribution >= 0.6 is 0 Å². The first kappa shape index (κ1) is 31.5. The highest BCUT2D eigenvalue weighted by atomic mass is 16.5. The van der Waals surface area contributed by atoms with Crippen LogP contribution in [0.2, 0.25) is 0 Å². The predicted octanol–water partition coefficient (Wildman–Crippen LogP) is 7.34. The van der Waals surface area contributed by atoms with Crippen molar-refractivity contribution in [3.63, 3.8) is 0 Å².